The summed E-state index contributed by atoms with van der Waals surface area (Å²) in [7, 11) is 0. The van der Waals surface area contributed by atoms with Crippen molar-refractivity contribution in [2.45, 2.75) is 6.04 Å². The molecule has 0 saturated carbocycles. The Morgan fingerprint density at radius 3 is 2.38 bits per heavy atom. The molecule has 0 aliphatic rings. The van der Waals surface area contributed by atoms with Gasteiger partial charge in [-0.3, -0.25) is 4.79 Å². The summed E-state index contributed by atoms with van der Waals surface area (Å²) in [6.07, 6.45) is 0. The second-order valence-electron chi connectivity index (χ2n) is 4.26. The Morgan fingerprint density at radius 2 is 1.76 bits per heavy atom. The van der Waals surface area contributed by atoms with Crippen LogP contribution in [0.2, 0.25) is 5.02 Å². The SMILES string of the molecule is O=C(N[C@H](C(=O)O)c1ccccc1)c1cccc(Cl)c1F. The van der Waals surface area contributed by atoms with E-state index in [-0.39, 0.29) is 10.6 Å². The number of hydrogen-bond acceptors (Lipinski definition) is 2. The molecular formula is C15H11ClFNO3. The van der Waals surface area contributed by atoms with E-state index in [1.165, 1.54) is 18.2 Å². The van der Waals surface area contributed by atoms with Crippen molar-refractivity contribution in [1.82, 2.24) is 5.32 Å². The predicted octanol–water partition coefficient (Wildman–Crippen LogP) is 3.03. The van der Waals surface area contributed by atoms with Gasteiger partial charge in [0, 0.05) is 0 Å². The van der Waals surface area contributed by atoms with Crippen molar-refractivity contribution in [3.63, 3.8) is 0 Å². The molecule has 2 aromatic rings. The van der Waals surface area contributed by atoms with Gasteiger partial charge in [-0.15, -0.1) is 0 Å². The quantitative estimate of drug-likeness (QED) is 0.912. The highest BCUT2D eigenvalue weighted by Crippen LogP contribution is 2.19. The molecule has 0 heterocycles. The number of carbonyl (C=O) groups excluding carboxylic acids is 1. The van der Waals surface area contributed by atoms with Gasteiger partial charge in [0.25, 0.3) is 5.91 Å². The molecular weight excluding hydrogens is 297 g/mol. The summed E-state index contributed by atoms with van der Waals surface area (Å²) in [6.45, 7) is 0. The van der Waals surface area contributed by atoms with Gasteiger partial charge in [0.1, 0.15) is 0 Å². The van der Waals surface area contributed by atoms with Crippen LogP contribution in [0.1, 0.15) is 22.0 Å². The number of amides is 1. The van der Waals surface area contributed by atoms with E-state index in [1.54, 1.807) is 30.3 Å². The molecule has 0 aliphatic carbocycles. The molecule has 0 fully saturated rings. The van der Waals surface area contributed by atoms with E-state index in [2.05, 4.69) is 5.32 Å². The molecule has 0 bridgehead atoms. The fourth-order valence-electron chi connectivity index (χ4n) is 1.82. The van der Waals surface area contributed by atoms with Gasteiger partial charge in [-0.2, -0.15) is 0 Å². The number of carboxylic acids is 1. The highest BCUT2D eigenvalue weighted by Gasteiger charge is 2.24. The van der Waals surface area contributed by atoms with E-state index in [9.17, 15) is 19.1 Å². The molecule has 0 aromatic heterocycles. The standard InChI is InChI=1S/C15H11ClFNO3/c16-11-8-4-7-10(12(11)17)14(19)18-13(15(20)21)9-5-2-1-3-6-9/h1-8,13H,(H,18,19)(H,20,21)/t13-/m0/s1. The second kappa shape index (κ2) is 6.37. The largest absolute Gasteiger partial charge is 0.479 e. The van der Waals surface area contributed by atoms with Crippen LogP contribution in [0.4, 0.5) is 4.39 Å². The molecule has 6 heteroatoms. The van der Waals surface area contributed by atoms with Crippen molar-refractivity contribution in [2.24, 2.45) is 0 Å². The predicted molar refractivity (Wildman–Crippen MR) is 75.7 cm³/mol. The minimum atomic E-state index is -1.27. The number of hydrogen-bond donors (Lipinski definition) is 2. The lowest BCUT2D eigenvalue weighted by molar-refractivity contribution is -0.139. The monoisotopic (exact) mass is 307 g/mol. The number of carbonyl (C=O) groups is 2. The van der Waals surface area contributed by atoms with Gasteiger partial charge >= 0.3 is 5.97 Å². The Labute approximate surface area is 125 Å². The molecule has 2 N–H and O–H groups in total. The van der Waals surface area contributed by atoms with Gasteiger partial charge in [0.2, 0.25) is 0 Å². The maximum absolute atomic E-state index is 13.8. The van der Waals surface area contributed by atoms with Crippen molar-refractivity contribution in [3.05, 3.63) is 70.5 Å². The number of rotatable bonds is 4. The van der Waals surface area contributed by atoms with Crippen molar-refractivity contribution in [2.75, 3.05) is 0 Å². The molecule has 2 rings (SSSR count). The first-order valence-corrected chi connectivity index (χ1v) is 6.41. The summed E-state index contributed by atoms with van der Waals surface area (Å²) >= 11 is 5.60. The first kappa shape index (κ1) is 15.0. The van der Waals surface area contributed by atoms with Crippen molar-refractivity contribution < 1.29 is 19.1 Å². The van der Waals surface area contributed by atoms with Gasteiger partial charge in [-0.1, -0.05) is 48.0 Å². The average Bonchev–Trinajstić information content (AvgIpc) is 2.48. The second-order valence-corrected chi connectivity index (χ2v) is 4.66. The Morgan fingerprint density at radius 1 is 1.10 bits per heavy atom. The van der Waals surface area contributed by atoms with Crippen molar-refractivity contribution in [1.29, 1.82) is 0 Å². The number of benzene rings is 2. The molecule has 1 amide bonds. The normalized spacial score (nSPS) is 11.7. The molecule has 1 atom stereocenters. The van der Waals surface area contributed by atoms with E-state index in [0.717, 1.165) is 0 Å². The van der Waals surface area contributed by atoms with Crippen LogP contribution in [0.3, 0.4) is 0 Å². The zero-order chi connectivity index (χ0) is 15.4. The molecule has 2 aromatic carbocycles. The van der Waals surface area contributed by atoms with Gasteiger partial charge in [0.15, 0.2) is 11.9 Å². The Bertz CT molecular complexity index is 676. The number of nitrogens with one attached hydrogen (secondary N) is 1. The molecule has 21 heavy (non-hydrogen) atoms. The van der Waals surface area contributed by atoms with E-state index < -0.39 is 23.7 Å². The molecule has 0 aliphatic heterocycles. The first-order chi connectivity index (χ1) is 10.0. The third-order valence-electron chi connectivity index (χ3n) is 2.85. The van der Waals surface area contributed by atoms with Crippen molar-refractivity contribution in [3.8, 4) is 0 Å². The molecule has 4 nitrogen and oxygen atoms in total. The van der Waals surface area contributed by atoms with Crippen molar-refractivity contribution >= 4 is 23.5 Å². The smallest absolute Gasteiger partial charge is 0.330 e. The third kappa shape index (κ3) is 3.38. The lowest BCUT2D eigenvalue weighted by atomic mass is 10.1. The van der Waals surface area contributed by atoms with Crippen LogP contribution in [0, 0.1) is 5.82 Å². The van der Waals surface area contributed by atoms with E-state index in [1.807, 2.05) is 0 Å². The van der Waals surface area contributed by atoms with Gasteiger partial charge < -0.3 is 10.4 Å². The Kier molecular flexibility index (Phi) is 4.55. The maximum atomic E-state index is 13.8. The van der Waals surface area contributed by atoms with Crippen LogP contribution in [-0.2, 0) is 4.79 Å². The van der Waals surface area contributed by atoms with Crippen LogP contribution in [0.25, 0.3) is 0 Å². The number of carboxylic acid groups (broad SMARTS) is 1. The number of halogens is 2. The van der Waals surface area contributed by atoms with Crippen LogP contribution >= 0.6 is 11.6 Å². The molecule has 0 unspecified atom stereocenters. The molecule has 0 saturated heterocycles. The lowest BCUT2D eigenvalue weighted by Gasteiger charge is -2.15. The zero-order valence-corrected chi connectivity index (χ0v) is 11.5. The van der Waals surface area contributed by atoms with Crippen LogP contribution in [0.15, 0.2) is 48.5 Å². The van der Waals surface area contributed by atoms with E-state index in [0.29, 0.717) is 5.56 Å². The van der Waals surface area contributed by atoms with Crippen LogP contribution in [-0.4, -0.2) is 17.0 Å². The summed E-state index contributed by atoms with van der Waals surface area (Å²) in [5.74, 6) is -2.96. The zero-order valence-electron chi connectivity index (χ0n) is 10.7. The Balaban J connectivity index is 2.28. The van der Waals surface area contributed by atoms with E-state index >= 15 is 0 Å². The summed E-state index contributed by atoms with van der Waals surface area (Å²) < 4.78 is 13.8. The molecule has 0 radical (unpaired) electrons. The van der Waals surface area contributed by atoms with Crippen LogP contribution < -0.4 is 5.32 Å². The van der Waals surface area contributed by atoms with Gasteiger partial charge in [0.05, 0.1) is 10.6 Å². The summed E-state index contributed by atoms with van der Waals surface area (Å²) in [4.78, 5) is 23.3. The summed E-state index contributed by atoms with van der Waals surface area (Å²) in [6, 6.07) is 10.8. The fraction of sp³-hybridized carbons (Fsp3) is 0.0667. The summed E-state index contributed by atoms with van der Waals surface area (Å²) in [5.41, 5.74) is 0.0884. The summed E-state index contributed by atoms with van der Waals surface area (Å²) in [5, 5.41) is 11.3. The van der Waals surface area contributed by atoms with Gasteiger partial charge in [-0.25, -0.2) is 9.18 Å². The lowest BCUT2D eigenvalue weighted by Crippen LogP contribution is -2.34. The third-order valence-corrected chi connectivity index (χ3v) is 3.14. The minimum absolute atomic E-state index is 0.200. The molecule has 108 valence electrons. The van der Waals surface area contributed by atoms with Gasteiger partial charge in [-0.05, 0) is 17.7 Å². The highest BCUT2D eigenvalue weighted by atomic mass is 35.5. The average molecular weight is 308 g/mol. The molecule has 0 spiro atoms. The fourth-order valence-corrected chi connectivity index (χ4v) is 2.00. The maximum Gasteiger partial charge on any atom is 0.330 e. The topological polar surface area (TPSA) is 66.4 Å². The minimum Gasteiger partial charge on any atom is -0.479 e. The number of aliphatic carboxylic acids is 1. The van der Waals surface area contributed by atoms with Crippen LogP contribution in [0.5, 0.6) is 0 Å². The first-order valence-electron chi connectivity index (χ1n) is 6.03. The Hall–Kier alpha value is -2.40. The highest BCUT2D eigenvalue weighted by molar-refractivity contribution is 6.31. The van der Waals surface area contributed by atoms with E-state index in [4.69, 9.17) is 11.6 Å².